The molecule has 2 rings (SSSR count). The van der Waals surface area contributed by atoms with Crippen LogP contribution in [-0.2, 0) is 0 Å². The molecule has 2 aromatic heterocycles. The Morgan fingerprint density at radius 2 is 2.22 bits per heavy atom. The topological polar surface area (TPSA) is 49.8 Å². The number of rotatable bonds is 6. The van der Waals surface area contributed by atoms with Crippen molar-refractivity contribution in [2.75, 3.05) is 36.2 Å². The first-order chi connectivity index (χ1) is 8.74. The Balaban J connectivity index is 2.23. The molecule has 2 heterocycles. The summed E-state index contributed by atoms with van der Waals surface area (Å²) in [4.78, 5) is 11.3. The number of fused-ring (bicyclic) bond motifs is 1. The van der Waals surface area contributed by atoms with E-state index in [0.29, 0.717) is 5.95 Å². The molecule has 4 nitrogen and oxygen atoms in total. The van der Waals surface area contributed by atoms with Crippen LogP contribution < -0.4 is 10.6 Å². The van der Waals surface area contributed by atoms with E-state index in [0.717, 1.165) is 29.0 Å². The summed E-state index contributed by atoms with van der Waals surface area (Å²) in [5.41, 5.74) is 0. The first-order valence-corrected chi connectivity index (χ1v) is 8.14. The molecule has 0 radical (unpaired) electrons. The molecule has 0 bridgehead atoms. The molecule has 0 saturated heterocycles. The standard InChI is InChI=1S/C12H18N4S2/c1-8-7-9-10(14-5-4-6-17-3)15-12(13-2)16-11(9)18-8/h7H,4-6H2,1-3H3,(H2,13,14,15,16). The average Bonchev–Trinajstić information content (AvgIpc) is 2.74. The highest BCUT2D eigenvalue weighted by atomic mass is 32.2. The largest absolute Gasteiger partial charge is 0.369 e. The van der Waals surface area contributed by atoms with E-state index in [1.807, 2.05) is 18.8 Å². The Morgan fingerprint density at radius 3 is 2.94 bits per heavy atom. The summed E-state index contributed by atoms with van der Waals surface area (Å²) in [5, 5.41) is 7.55. The molecule has 0 aliphatic rings. The van der Waals surface area contributed by atoms with E-state index < -0.39 is 0 Å². The smallest absolute Gasteiger partial charge is 0.225 e. The second-order valence-electron chi connectivity index (χ2n) is 3.99. The van der Waals surface area contributed by atoms with E-state index >= 15 is 0 Å². The van der Waals surface area contributed by atoms with Crippen molar-refractivity contribution in [3.63, 3.8) is 0 Å². The fraction of sp³-hybridized carbons (Fsp3) is 0.500. The van der Waals surface area contributed by atoms with Crippen LogP contribution in [-0.4, -0.2) is 35.6 Å². The van der Waals surface area contributed by atoms with Crippen LogP contribution >= 0.6 is 23.1 Å². The summed E-state index contributed by atoms with van der Waals surface area (Å²) in [5.74, 6) is 2.79. The molecule has 2 N–H and O–H groups in total. The number of nitrogens with zero attached hydrogens (tertiary/aromatic N) is 2. The molecule has 0 spiro atoms. The first kappa shape index (κ1) is 13.4. The van der Waals surface area contributed by atoms with Crippen LogP contribution in [0.25, 0.3) is 10.2 Å². The Labute approximate surface area is 116 Å². The molecule has 0 fully saturated rings. The van der Waals surface area contributed by atoms with Crippen molar-refractivity contribution in [2.24, 2.45) is 0 Å². The second kappa shape index (κ2) is 6.24. The van der Waals surface area contributed by atoms with Gasteiger partial charge in [0.15, 0.2) is 0 Å². The Hall–Kier alpha value is -1.01. The summed E-state index contributed by atoms with van der Waals surface area (Å²) in [6.45, 7) is 3.05. The highest BCUT2D eigenvalue weighted by Crippen LogP contribution is 2.29. The van der Waals surface area contributed by atoms with Crippen LogP contribution in [0, 0.1) is 6.92 Å². The van der Waals surface area contributed by atoms with Crippen LogP contribution in [0.4, 0.5) is 11.8 Å². The molecule has 98 valence electrons. The van der Waals surface area contributed by atoms with Crippen LogP contribution in [0.5, 0.6) is 0 Å². The van der Waals surface area contributed by atoms with Crippen molar-refractivity contribution in [1.82, 2.24) is 9.97 Å². The summed E-state index contributed by atoms with van der Waals surface area (Å²) in [7, 11) is 1.85. The molecule has 0 unspecified atom stereocenters. The van der Waals surface area contributed by atoms with Gasteiger partial charge in [-0.25, -0.2) is 4.98 Å². The molecule has 6 heteroatoms. The fourth-order valence-corrected chi connectivity index (χ4v) is 3.02. The number of thiophene rings is 1. The van der Waals surface area contributed by atoms with Gasteiger partial charge in [0.05, 0.1) is 5.39 Å². The van der Waals surface area contributed by atoms with E-state index in [9.17, 15) is 0 Å². The minimum Gasteiger partial charge on any atom is -0.369 e. The van der Waals surface area contributed by atoms with Gasteiger partial charge >= 0.3 is 0 Å². The lowest BCUT2D eigenvalue weighted by Gasteiger charge is -2.08. The predicted molar refractivity (Wildman–Crippen MR) is 83.2 cm³/mol. The minimum atomic E-state index is 0.678. The number of anilines is 2. The second-order valence-corrected chi connectivity index (χ2v) is 6.22. The highest BCUT2D eigenvalue weighted by molar-refractivity contribution is 7.98. The number of hydrogen-bond acceptors (Lipinski definition) is 6. The van der Waals surface area contributed by atoms with Gasteiger partial charge in [0, 0.05) is 18.5 Å². The minimum absolute atomic E-state index is 0.678. The maximum absolute atomic E-state index is 4.50. The van der Waals surface area contributed by atoms with Crippen molar-refractivity contribution >= 4 is 45.1 Å². The Bertz CT molecular complexity index is 524. The summed E-state index contributed by atoms with van der Waals surface area (Å²) < 4.78 is 0. The summed E-state index contributed by atoms with van der Waals surface area (Å²) >= 11 is 3.57. The molecular weight excluding hydrogens is 264 g/mol. The number of hydrogen-bond donors (Lipinski definition) is 2. The van der Waals surface area contributed by atoms with E-state index in [-0.39, 0.29) is 0 Å². The third kappa shape index (κ3) is 3.05. The molecule has 0 saturated carbocycles. The molecule has 0 aliphatic carbocycles. The van der Waals surface area contributed by atoms with Gasteiger partial charge in [-0.15, -0.1) is 11.3 Å². The number of aryl methyl sites for hydroxylation is 1. The molecule has 2 aromatic rings. The Morgan fingerprint density at radius 1 is 1.39 bits per heavy atom. The van der Waals surface area contributed by atoms with Gasteiger partial charge in [-0.05, 0) is 31.4 Å². The van der Waals surface area contributed by atoms with Gasteiger partial charge in [0.2, 0.25) is 5.95 Å². The van der Waals surface area contributed by atoms with Crippen LogP contribution in [0.3, 0.4) is 0 Å². The van der Waals surface area contributed by atoms with Gasteiger partial charge < -0.3 is 10.6 Å². The average molecular weight is 282 g/mol. The van der Waals surface area contributed by atoms with Gasteiger partial charge in [-0.3, -0.25) is 0 Å². The van der Waals surface area contributed by atoms with Gasteiger partial charge in [0.1, 0.15) is 10.6 Å². The lowest BCUT2D eigenvalue weighted by Crippen LogP contribution is -2.06. The first-order valence-electron chi connectivity index (χ1n) is 5.93. The van der Waals surface area contributed by atoms with Crippen molar-refractivity contribution in [2.45, 2.75) is 13.3 Å². The Kier molecular flexibility index (Phi) is 4.66. The van der Waals surface area contributed by atoms with Crippen molar-refractivity contribution < 1.29 is 0 Å². The SMILES string of the molecule is CNc1nc(NCCCSC)c2cc(C)sc2n1. The zero-order chi connectivity index (χ0) is 13.0. The van der Waals surface area contributed by atoms with Gasteiger partial charge in [-0.2, -0.15) is 16.7 Å². The van der Waals surface area contributed by atoms with Crippen LogP contribution in [0.15, 0.2) is 6.07 Å². The van der Waals surface area contributed by atoms with E-state index in [1.54, 1.807) is 11.3 Å². The van der Waals surface area contributed by atoms with Crippen molar-refractivity contribution in [3.05, 3.63) is 10.9 Å². The highest BCUT2D eigenvalue weighted by Gasteiger charge is 2.09. The third-order valence-corrected chi connectivity index (χ3v) is 4.20. The van der Waals surface area contributed by atoms with E-state index in [1.165, 1.54) is 10.6 Å². The lowest BCUT2D eigenvalue weighted by atomic mass is 10.3. The summed E-state index contributed by atoms with van der Waals surface area (Å²) in [6.07, 6.45) is 3.27. The van der Waals surface area contributed by atoms with Crippen molar-refractivity contribution in [3.8, 4) is 0 Å². The van der Waals surface area contributed by atoms with Crippen molar-refractivity contribution in [1.29, 1.82) is 0 Å². The number of thioether (sulfide) groups is 1. The number of nitrogens with one attached hydrogen (secondary N) is 2. The zero-order valence-corrected chi connectivity index (χ0v) is 12.5. The zero-order valence-electron chi connectivity index (χ0n) is 10.9. The molecule has 0 aliphatic heterocycles. The maximum atomic E-state index is 4.50. The normalized spacial score (nSPS) is 10.8. The van der Waals surface area contributed by atoms with Gasteiger partial charge in [0.25, 0.3) is 0 Å². The van der Waals surface area contributed by atoms with Gasteiger partial charge in [-0.1, -0.05) is 0 Å². The lowest BCUT2D eigenvalue weighted by molar-refractivity contribution is 0.983. The quantitative estimate of drug-likeness (QED) is 0.797. The molecular formula is C12H18N4S2. The fourth-order valence-electron chi connectivity index (χ4n) is 1.71. The summed E-state index contributed by atoms with van der Waals surface area (Å²) in [6, 6.07) is 2.15. The predicted octanol–water partition coefficient (Wildman–Crippen LogP) is 3.21. The van der Waals surface area contributed by atoms with E-state index in [2.05, 4.69) is 39.8 Å². The molecule has 0 atom stereocenters. The number of aromatic nitrogens is 2. The third-order valence-electron chi connectivity index (χ3n) is 2.56. The van der Waals surface area contributed by atoms with Crippen LogP contribution in [0.2, 0.25) is 0 Å². The molecule has 0 amide bonds. The van der Waals surface area contributed by atoms with E-state index in [4.69, 9.17) is 0 Å². The maximum Gasteiger partial charge on any atom is 0.225 e. The molecule has 18 heavy (non-hydrogen) atoms. The van der Waals surface area contributed by atoms with Crippen LogP contribution in [0.1, 0.15) is 11.3 Å². The molecule has 0 aromatic carbocycles. The monoisotopic (exact) mass is 282 g/mol.